The predicted octanol–water partition coefficient (Wildman–Crippen LogP) is 5.99. The SMILES string of the molecule is COc1cc(C)cc(C(=O)N(C(=O)NC2CCCCC2)C2CCCCC2)c1C1=CC(=O)c2c(O)cccc2C1=O. The number of phenols is 1. The number of rotatable bonds is 5. The first-order chi connectivity index (χ1) is 19.3. The average Bonchev–Trinajstić information content (AvgIpc) is 2.95. The van der Waals surface area contributed by atoms with Crippen molar-refractivity contribution in [1.29, 1.82) is 0 Å². The summed E-state index contributed by atoms with van der Waals surface area (Å²) in [6, 6.07) is 7.05. The Morgan fingerprint density at radius 2 is 1.62 bits per heavy atom. The number of hydrogen-bond donors (Lipinski definition) is 2. The minimum Gasteiger partial charge on any atom is -0.507 e. The summed E-state index contributed by atoms with van der Waals surface area (Å²) < 4.78 is 5.65. The Morgan fingerprint density at radius 3 is 2.30 bits per heavy atom. The molecule has 0 bridgehead atoms. The maximum atomic E-state index is 14.4. The molecule has 3 aliphatic carbocycles. The number of nitrogens with one attached hydrogen (secondary N) is 1. The Labute approximate surface area is 234 Å². The van der Waals surface area contributed by atoms with Gasteiger partial charge in [0.25, 0.3) is 5.91 Å². The van der Waals surface area contributed by atoms with Gasteiger partial charge in [-0.3, -0.25) is 19.3 Å². The van der Waals surface area contributed by atoms with Crippen molar-refractivity contribution in [3.63, 3.8) is 0 Å². The highest BCUT2D eigenvalue weighted by Crippen LogP contribution is 2.39. The van der Waals surface area contributed by atoms with Crippen LogP contribution in [0.2, 0.25) is 0 Å². The number of phenolic OH excluding ortho intramolecular Hbond substituents is 1. The zero-order chi connectivity index (χ0) is 28.4. The van der Waals surface area contributed by atoms with Gasteiger partial charge < -0.3 is 15.2 Å². The molecule has 3 amide bonds. The van der Waals surface area contributed by atoms with Gasteiger partial charge in [0.05, 0.1) is 18.2 Å². The van der Waals surface area contributed by atoms with Crippen molar-refractivity contribution in [2.45, 2.75) is 83.2 Å². The van der Waals surface area contributed by atoms with E-state index >= 15 is 0 Å². The van der Waals surface area contributed by atoms with Gasteiger partial charge >= 0.3 is 6.03 Å². The van der Waals surface area contributed by atoms with Gasteiger partial charge in [0.2, 0.25) is 0 Å². The first kappa shape index (κ1) is 27.6. The zero-order valence-corrected chi connectivity index (χ0v) is 23.1. The molecule has 2 N–H and O–H groups in total. The molecule has 0 atom stereocenters. The maximum Gasteiger partial charge on any atom is 0.324 e. The number of aryl methyl sites for hydroxylation is 1. The number of methoxy groups -OCH3 is 1. The fraction of sp³-hybridized carbons (Fsp3) is 0.438. The van der Waals surface area contributed by atoms with Gasteiger partial charge in [0, 0.05) is 28.8 Å². The second kappa shape index (κ2) is 11.7. The Hall–Kier alpha value is -3.94. The van der Waals surface area contributed by atoms with E-state index < -0.39 is 23.5 Å². The van der Waals surface area contributed by atoms with E-state index in [0.29, 0.717) is 5.56 Å². The number of amides is 3. The van der Waals surface area contributed by atoms with Gasteiger partial charge in [-0.1, -0.05) is 50.7 Å². The molecule has 0 unspecified atom stereocenters. The summed E-state index contributed by atoms with van der Waals surface area (Å²) in [4.78, 5) is 56.4. The molecule has 0 aliphatic heterocycles. The lowest BCUT2D eigenvalue weighted by Gasteiger charge is -2.35. The molecule has 3 aliphatic rings. The molecule has 0 heterocycles. The average molecular weight is 545 g/mol. The second-order valence-corrected chi connectivity index (χ2v) is 11.1. The number of urea groups is 1. The van der Waals surface area contributed by atoms with Crippen LogP contribution >= 0.6 is 0 Å². The number of fused-ring (bicyclic) bond motifs is 1. The predicted molar refractivity (Wildman–Crippen MR) is 151 cm³/mol. The van der Waals surface area contributed by atoms with Crippen LogP contribution < -0.4 is 10.1 Å². The van der Waals surface area contributed by atoms with Gasteiger partial charge in [-0.15, -0.1) is 0 Å². The highest BCUT2D eigenvalue weighted by molar-refractivity contribution is 6.40. The molecule has 40 heavy (non-hydrogen) atoms. The molecule has 2 aromatic rings. The van der Waals surface area contributed by atoms with E-state index in [1.807, 2.05) is 6.92 Å². The summed E-state index contributed by atoms with van der Waals surface area (Å²) in [7, 11) is 1.44. The van der Waals surface area contributed by atoms with E-state index in [4.69, 9.17) is 4.74 Å². The number of aromatic hydroxyl groups is 1. The lowest BCUT2D eigenvalue weighted by molar-refractivity contribution is 0.0700. The number of carbonyl (C=O) groups is 4. The monoisotopic (exact) mass is 544 g/mol. The maximum absolute atomic E-state index is 14.4. The first-order valence-corrected chi connectivity index (χ1v) is 14.3. The molecule has 0 saturated heterocycles. The number of ether oxygens (including phenoxy) is 1. The smallest absolute Gasteiger partial charge is 0.324 e. The Kier molecular flexibility index (Phi) is 8.05. The van der Waals surface area contributed by atoms with E-state index in [0.717, 1.165) is 70.3 Å². The Bertz CT molecular complexity index is 1380. The van der Waals surface area contributed by atoms with Crippen LogP contribution in [0.15, 0.2) is 36.4 Å². The molecule has 0 radical (unpaired) electrons. The highest BCUT2D eigenvalue weighted by Gasteiger charge is 2.37. The lowest BCUT2D eigenvalue weighted by Crippen LogP contribution is -2.53. The van der Waals surface area contributed by atoms with Crippen molar-refractivity contribution in [1.82, 2.24) is 10.2 Å². The molecule has 2 saturated carbocycles. The number of imide groups is 1. The summed E-state index contributed by atoms with van der Waals surface area (Å²) in [5.74, 6) is -1.57. The largest absolute Gasteiger partial charge is 0.507 e. The summed E-state index contributed by atoms with van der Waals surface area (Å²) >= 11 is 0. The summed E-state index contributed by atoms with van der Waals surface area (Å²) in [5.41, 5.74) is 1.02. The standard InChI is InChI=1S/C32H36N2O6/c1-19-16-24(31(38)34(21-12-7-4-8-13-21)32(39)33-20-10-5-3-6-11-20)28(27(17-19)40-2)23-18-26(36)29-22(30(23)37)14-9-15-25(29)35/h9,14-18,20-21,35H,3-8,10-13H2,1-2H3,(H,33,39). The molecule has 8 nitrogen and oxygen atoms in total. The second-order valence-electron chi connectivity index (χ2n) is 11.1. The summed E-state index contributed by atoms with van der Waals surface area (Å²) in [6.07, 6.45) is 10.5. The molecular weight excluding hydrogens is 508 g/mol. The molecule has 8 heteroatoms. The third kappa shape index (κ3) is 5.27. The molecule has 0 aromatic heterocycles. The van der Waals surface area contributed by atoms with Crippen LogP contribution in [0.1, 0.15) is 106 Å². The molecule has 2 aromatic carbocycles. The van der Waals surface area contributed by atoms with Gasteiger partial charge in [0.1, 0.15) is 11.5 Å². The topological polar surface area (TPSA) is 113 Å². The van der Waals surface area contributed by atoms with Crippen LogP contribution in [0.3, 0.4) is 0 Å². The minimum atomic E-state index is -0.539. The molecule has 0 spiro atoms. The number of allylic oxidation sites excluding steroid dienone is 2. The number of hydrogen-bond acceptors (Lipinski definition) is 6. The third-order valence-electron chi connectivity index (χ3n) is 8.33. The van der Waals surface area contributed by atoms with Gasteiger partial charge in [-0.25, -0.2) is 4.79 Å². The highest BCUT2D eigenvalue weighted by atomic mass is 16.5. The van der Waals surface area contributed by atoms with Crippen LogP contribution in [-0.2, 0) is 0 Å². The van der Waals surface area contributed by atoms with Crippen molar-refractivity contribution in [2.24, 2.45) is 0 Å². The molecule has 2 fully saturated rings. The summed E-state index contributed by atoms with van der Waals surface area (Å²) in [5, 5.41) is 13.4. The first-order valence-electron chi connectivity index (χ1n) is 14.3. The minimum absolute atomic E-state index is 0.000386. The van der Waals surface area contributed by atoms with Crippen LogP contribution in [0.25, 0.3) is 5.57 Å². The van der Waals surface area contributed by atoms with Crippen molar-refractivity contribution in [2.75, 3.05) is 7.11 Å². The van der Waals surface area contributed by atoms with Crippen molar-refractivity contribution < 1.29 is 29.0 Å². The lowest BCUT2D eigenvalue weighted by atomic mass is 9.83. The van der Waals surface area contributed by atoms with Crippen molar-refractivity contribution >= 4 is 29.1 Å². The number of ketones is 2. The number of carbonyl (C=O) groups excluding carboxylic acids is 4. The Balaban J connectivity index is 1.60. The van der Waals surface area contributed by atoms with Gasteiger partial charge in [-0.05, 0) is 62.4 Å². The fourth-order valence-corrected chi connectivity index (χ4v) is 6.33. The number of Topliss-reactive ketones (excluding diaryl/α,β-unsaturated/α-hetero) is 1. The van der Waals surface area contributed by atoms with E-state index in [1.165, 1.54) is 30.2 Å². The van der Waals surface area contributed by atoms with Gasteiger partial charge in [0.15, 0.2) is 11.6 Å². The van der Waals surface area contributed by atoms with Crippen LogP contribution in [-0.4, -0.2) is 52.7 Å². The third-order valence-corrected chi connectivity index (χ3v) is 8.33. The summed E-state index contributed by atoms with van der Waals surface area (Å²) in [6.45, 7) is 1.81. The van der Waals surface area contributed by atoms with Crippen molar-refractivity contribution in [3.05, 3.63) is 64.2 Å². The van der Waals surface area contributed by atoms with Crippen LogP contribution in [0, 0.1) is 6.92 Å². The van der Waals surface area contributed by atoms with Crippen LogP contribution in [0.5, 0.6) is 11.5 Å². The fourth-order valence-electron chi connectivity index (χ4n) is 6.33. The number of nitrogens with zero attached hydrogens (tertiary/aromatic N) is 1. The number of benzene rings is 2. The van der Waals surface area contributed by atoms with E-state index in [2.05, 4.69) is 5.32 Å². The quantitative estimate of drug-likeness (QED) is 0.478. The molecular formula is C32H36N2O6. The van der Waals surface area contributed by atoms with E-state index in [9.17, 15) is 24.3 Å². The zero-order valence-electron chi connectivity index (χ0n) is 23.1. The molecule has 210 valence electrons. The molecule has 5 rings (SSSR count). The normalized spacial score (nSPS) is 18.1. The van der Waals surface area contributed by atoms with Crippen LogP contribution in [0.4, 0.5) is 4.79 Å². The van der Waals surface area contributed by atoms with E-state index in [1.54, 1.807) is 12.1 Å². The van der Waals surface area contributed by atoms with Gasteiger partial charge in [-0.2, -0.15) is 0 Å². The van der Waals surface area contributed by atoms with E-state index in [-0.39, 0.29) is 51.4 Å². The Morgan fingerprint density at radius 1 is 0.950 bits per heavy atom. The van der Waals surface area contributed by atoms with Crippen molar-refractivity contribution in [3.8, 4) is 11.5 Å².